The summed E-state index contributed by atoms with van der Waals surface area (Å²) in [5, 5.41) is 0.164. The molecular formula is C21H34N2O3S. The van der Waals surface area contributed by atoms with Crippen LogP contribution in [-0.4, -0.2) is 60.9 Å². The number of thioether (sulfide) groups is 1. The third-order valence-corrected chi connectivity index (χ3v) is 6.25. The summed E-state index contributed by atoms with van der Waals surface area (Å²) in [7, 11) is 0. The number of morpholine rings is 1. The lowest BCUT2D eigenvalue weighted by Crippen LogP contribution is -2.38. The van der Waals surface area contributed by atoms with Crippen LogP contribution in [0, 0.1) is 11.8 Å². The van der Waals surface area contributed by atoms with E-state index in [1.165, 1.54) is 0 Å². The molecule has 27 heavy (non-hydrogen) atoms. The van der Waals surface area contributed by atoms with Crippen LogP contribution in [0.5, 0.6) is 5.88 Å². The summed E-state index contributed by atoms with van der Waals surface area (Å²) in [6, 6.07) is 3.99. The number of Topliss-reactive ketones (excluding diaryl/α,β-unsaturated/α-hetero) is 1. The molecule has 1 saturated heterocycles. The molecule has 1 aromatic rings. The molecule has 152 valence electrons. The highest BCUT2D eigenvalue weighted by Gasteiger charge is 2.19. The zero-order valence-corrected chi connectivity index (χ0v) is 18.0. The van der Waals surface area contributed by atoms with Crippen LogP contribution in [0.1, 0.15) is 44.9 Å². The van der Waals surface area contributed by atoms with Crippen molar-refractivity contribution in [2.75, 3.05) is 45.2 Å². The van der Waals surface area contributed by atoms with Crippen LogP contribution in [0.3, 0.4) is 0 Å². The van der Waals surface area contributed by atoms with Crippen molar-refractivity contribution in [1.82, 2.24) is 9.88 Å². The van der Waals surface area contributed by atoms with E-state index in [-0.39, 0.29) is 11.2 Å². The molecule has 0 radical (unpaired) electrons. The molecule has 0 bridgehead atoms. The lowest BCUT2D eigenvalue weighted by atomic mass is 10.0. The molecule has 0 aromatic carbocycles. The van der Waals surface area contributed by atoms with Crippen molar-refractivity contribution in [2.24, 2.45) is 11.8 Å². The molecule has 2 heterocycles. The number of pyridine rings is 1. The Morgan fingerprint density at radius 3 is 2.59 bits per heavy atom. The van der Waals surface area contributed by atoms with E-state index in [9.17, 15) is 4.79 Å². The lowest BCUT2D eigenvalue weighted by molar-refractivity contribution is -0.121. The van der Waals surface area contributed by atoms with Crippen molar-refractivity contribution in [3.05, 3.63) is 23.9 Å². The number of ether oxygens (including phenoxy) is 2. The third-order valence-electron chi connectivity index (χ3n) is 4.55. The van der Waals surface area contributed by atoms with Gasteiger partial charge in [0.25, 0.3) is 0 Å². The Morgan fingerprint density at radius 2 is 2.00 bits per heavy atom. The molecule has 1 atom stereocenters. The minimum absolute atomic E-state index is 0.0721. The SMILES string of the molecule is CC(C)CSC(CC(=O)C(C)C)c1ccc(OCCN2CCOCC2)nc1. The van der Waals surface area contributed by atoms with Gasteiger partial charge in [-0.1, -0.05) is 33.8 Å². The van der Waals surface area contributed by atoms with Crippen molar-refractivity contribution < 1.29 is 14.3 Å². The molecule has 2 rings (SSSR count). The van der Waals surface area contributed by atoms with Crippen LogP contribution in [0.25, 0.3) is 0 Å². The van der Waals surface area contributed by atoms with Gasteiger partial charge >= 0.3 is 0 Å². The van der Waals surface area contributed by atoms with Crippen LogP contribution in [-0.2, 0) is 9.53 Å². The maximum absolute atomic E-state index is 12.3. The Hall–Kier alpha value is -1.11. The third kappa shape index (κ3) is 8.20. The highest BCUT2D eigenvalue weighted by Crippen LogP contribution is 2.34. The Balaban J connectivity index is 1.88. The van der Waals surface area contributed by atoms with Crippen molar-refractivity contribution in [2.45, 2.75) is 39.4 Å². The summed E-state index contributed by atoms with van der Waals surface area (Å²) >= 11 is 1.85. The van der Waals surface area contributed by atoms with Gasteiger partial charge in [-0.15, -0.1) is 0 Å². The summed E-state index contributed by atoms with van der Waals surface area (Å²) < 4.78 is 11.1. The van der Waals surface area contributed by atoms with Gasteiger partial charge in [-0.3, -0.25) is 9.69 Å². The maximum Gasteiger partial charge on any atom is 0.213 e. The van der Waals surface area contributed by atoms with Gasteiger partial charge in [0.1, 0.15) is 12.4 Å². The van der Waals surface area contributed by atoms with Crippen molar-refractivity contribution in [3.63, 3.8) is 0 Å². The molecule has 1 aromatic heterocycles. The van der Waals surface area contributed by atoms with E-state index in [0.717, 1.165) is 44.2 Å². The average molecular weight is 395 g/mol. The van der Waals surface area contributed by atoms with Crippen LogP contribution in [0.4, 0.5) is 0 Å². The van der Waals surface area contributed by atoms with Crippen molar-refractivity contribution in [3.8, 4) is 5.88 Å². The van der Waals surface area contributed by atoms with Crippen molar-refractivity contribution in [1.29, 1.82) is 0 Å². The molecular weight excluding hydrogens is 360 g/mol. The average Bonchev–Trinajstić information content (AvgIpc) is 2.66. The first kappa shape index (κ1) is 22.2. The van der Waals surface area contributed by atoms with E-state index >= 15 is 0 Å². The number of ketones is 1. The lowest BCUT2D eigenvalue weighted by Gasteiger charge is -2.26. The summed E-state index contributed by atoms with van der Waals surface area (Å²) in [5.74, 6) is 2.66. The fourth-order valence-corrected chi connectivity index (χ4v) is 4.00. The van der Waals surface area contributed by atoms with E-state index in [0.29, 0.717) is 30.6 Å². The first-order valence-corrected chi connectivity index (χ1v) is 11.0. The Labute approximate surface area is 168 Å². The topological polar surface area (TPSA) is 51.7 Å². The van der Waals surface area contributed by atoms with Gasteiger partial charge in [0.2, 0.25) is 5.88 Å². The molecule has 6 heteroatoms. The minimum Gasteiger partial charge on any atom is -0.476 e. The summed E-state index contributed by atoms with van der Waals surface area (Å²) in [4.78, 5) is 19.1. The van der Waals surface area contributed by atoms with Crippen LogP contribution in [0.15, 0.2) is 18.3 Å². The predicted molar refractivity (Wildman–Crippen MR) is 111 cm³/mol. The summed E-state index contributed by atoms with van der Waals surface area (Å²) in [5.41, 5.74) is 1.11. The van der Waals surface area contributed by atoms with Crippen LogP contribution >= 0.6 is 11.8 Å². The van der Waals surface area contributed by atoms with E-state index in [4.69, 9.17) is 9.47 Å². The van der Waals surface area contributed by atoms with Gasteiger partial charge in [-0.05, 0) is 17.2 Å². The van der Waals surface area contributed by atoms with Crippen LogP contribution in [0.2, 0.25) is 0 Å². The number of rotatable bonds is 11. The molecule has 1 aliphatic heterocycles. The quantitative estimate of drug-likeness (QED) is 0.568. The normalized spacial score (nSPS) is 16.7. The van der Waals surface area contributed by atoms with Gasteiger partial charge < -0.3 is 9.47 Å². The fraction of sp³-hybridized carbons (Fsp3) is 0.714. The Bertz CT molecular complexity index is 557. The smallest absolute Gasteiger partial charge is 0.213 e. The molecule has 1 fully saturated rings. The van der Waals surface area contributed by atoms with Gasteiger partial charge in [-0.2, -0.15) is 11.8 Å². The molecule has 5 nitrogen and oxygen atoms in total. The second-order valence-electron chi connectivity index (χ2n) is 7.77. The number of carbonyl (C=O) groups excluding carboxylic acids is 1. The van der Waals surface area contributed by atoms with E-state index in [1.807, 2.05) is 37.9 Å². The Kier molecular flexibility index (Phi) is 9.59. The molecule has 1 aliphatic rings. The summed E-state index contributed by atoms with van der Waals surface area (Å²) in [6.45, 7) is 13.4. The van der Waals surface area contributed by atoms with Gasteiger partial charge in [0.05, 0.1) is 13.2 Å². The van der Waals surface area contributed by atoms with Gasteiger partial charge in [0.15, 0.2) is 0 Å². The second kappa shape index (κ2) is 11.7. The molecule has 0 aliphatic carbocycles. The van der Waals surface area contributed by atoms with Crippen LogP contribution < -0.4 is 4.74 Å². The second-order valence-corrected chi connectivity index (χ2v) is 9.01. The molecule has 0 N–H and O–H groups in total. The molecule has 1 unspecified atom stereocenters. The van der Waals surface area contributed by atoms with E-state index in [1.54, 1.807) is 0 Å². The number of hydrogen-bond donors (Lipinski definition) is 0. The minimum atomic E-state index is 0.0721. The number of nitrogens with zero attached hydrogens (tertiary/aromatic N) is 2. The first-order valence-electron chi connectivity index (χ1n) is 9.99. The van der Waals surface area contributed by atoms with E-state index < -0.39 is 0 Å². The zero-order valence-electron chi connectivity index (χ0n) is 17.1. The first-order chi connectivity index (χ1) is 13.0. The molecule has 0 amide bonds. The molecule has 0 saturated carbocycles. The highest BCUT2D eigenvalue weighted by molar-refractivity contribution is 7.99. The monoisotopic (exact) mass is 394 g/mol. The molecule has 0 spiro atoms. The van der Waals surface area contributed by atoms with Gasteiger partial charge in [0, 0.05) is 49.5 Å². The van der Waals surface area contributed by atoms with Gasteiger partial charge in [-0.25, -0.2) is 4.98 Å². The zero-order chi connectivity index (χ0) is 19.6. The van der Waals surface area contributed by atoms with Crippen molar-refractivity contribution >= 4 is 17.5 Å². The number of hydrogen-bond acceptors (Lipinski definition) is 6. The predicted octanol–water partition coefficient (Wildman–Crippen LogP) is 3.84. The van der Waals surface area contributed by atoms with E-state index in [2.05, 4.69) is 29.8 Å². The standard InChI is InChI=1S/C21H34N2O3S/c1-16(2)15-27-20(13-19(24)17(3)4)18-5-6-21(22-14-18)26-12-9-23-7-10-25-11-8-23/h5-6,14,16-17,20H,7-13,15H2,1-4H3. The highest BCUT2D eigenvalue weighted by atomic mass is 32.2. The largest absolute Gasteiger partial charge is 0.476 e. The Morgan fingerprint density at radius 1 is 1.26 bits per heavy atom. The number of aromatic nitrogens is 1. The summed E-state index contributed by atoms with van der Waals surface area (Å²) in [6.07, 6.45) is 2.43. The maximum atomic E-state index is 12.3. The number of carbonyl (C=O) groups is 1. The fourth-order valence-electron chi connectivity index (χ4n) is 2.77.